The van der Waals surface area contributed by atoms with Gasteiger partial charge in [0.05, 0.1) is 0 Å². The number of carbonyl (C=O) groups excluding carboxylic acids is 1. The Labute approximate surface area is 126 Å². The van der Waals surface area contributed by atoms with Crippen LogP contribution in [0.4, 0.5) is 4.39 Å². The Kier molecular flexibility index (Phi) is 5.74. The molecule has 21 heavy (non-hydrogen) atoms. The summed E-state index contributed by atoms with van der Waals surface area (Å²) in [4.78, 5) is 14.3. The van der Waals surface area contributed by atoms with Gasteiger partial charge in [-0.1, -0.05) is 19.1 Å². The highest BCUT2D eigenvalue weighted by molar-refractivity contribution is 5.76. The van der Waals surface area contributed by atoms with E-state index in [0.717, 1.165) is 38.0 Å². The fourth-order valence-electron chi connectivity index (χ4n) is 3.08. The van der Waals surface area contributed by atoms with Gasteiger partial charge < -0.3 is 10.2 Å². The number of nitrogens with zero attached hydrogens (tertiary/aromatic N) is 1. The van der Waals surface area contributed by atoms with Gasteiger partial charge in [0.2, 0.25) is 5.91 Å². The Hall–Kier alpha value is -1.42. The Morgan fingerprint density at radius 2 is 2.33 bits per heavy atom. The molecule has 1 heterocycles. The van der Waals surface area contributed by atoms with Crippen molar-refractivity contribution in [2.24, 2.45) is 11.8 Å². The van der Waals surface area contributed by atoms with Gasteiger partial charge in [0.1, 0.15) is 5.82 Å². The van der Waals surface area contributed by atoms with Crippen LogP contribution in [0.1, 0.15) is 25.3 Å². The van der Waals surface area contributed by atoms with E-state index >= 15 is 0 Å². The van der Waals surface area contributed by atoms with Crippen molar-refractivity contribution in [1.29, 1.82) is 0 Å². The number of benzene rings is 1. The molecule has 0 aliphatic carbocycles. The van der Waals surface area contributed by atoms with Crippen LogP contribution in [0.15, 0.2) is 24.3 Å². The maximum Gasteiger partial charge on any atom is 0.222 e. The number of amides is 1. The van der Waals surface area contributed by atoms with Gasteiger partial charge in [0.25, 0.3) is 0 Å². The zero-order chi connectivity index (χ0) is 15.2. The Morgan fingerprint density at radius 3 is 3.05 bits per heavy atom. The summed E-state index contributed by atoms with van der Waals surface area (Å²) in [6, 6.07) is 6.65. The monoisotopic (exact) mass is 292 g/mol. The zero-order valence-electron chi connectivity index (χ0n) is 12.9. The molecule has 4 heteroatoms. The van der Waals surface area contributed by atoms with E-state index in [4.69, 9.17) is 0 Å². The van der Waals surface area contributed by atoms with Crippen LogP contribution in [0.5, 0.6) is 0 Å². The summed E-state index contributed by atoms with van der Waals surface area (Å²) in [5.74, 6) is 0.845. The first-order valence-corrected chi connectivity index (χ1v) is 7.75. The number of halogens is 1. The van der Waals surface area contributed by atoms with Crippen molar-refractivity contribution in [2.75, 3.05) is 26.7 Å². The molecule has 2 rings (SSSR count). The number of hydrogen-bond donors (Lipinski definition) is 1. The second kappa shape index (κ2) is 7.55. The Morgan fingerprint density at radius 1 is 1.52 bits per heavy atom. The fraction of sp³-hybridized carbons (Fsp3) is 0.588. The predicted molar refractivity (Wildman–Crippen MR) is 82.5 cm³/mol. The molecule has 0 bridgehead atoms. The maximum atomic E-state index is 13.2. The molecule has 1 aromatic carbocycles. The van der Waals surface area contributed by atoms with Crippen LogP contribution in [0.25, 0.3) is 0 Å². The number of carbonyl (C=O) groups is 1. The second-order valence-electron chi connectivity index (χ2n) is 6.20. The number of likely N-dealkylation sites (tertiary alicyclic amines) is 1. The van der Waals surface area contributed by atoms with E-state index in [1.165, 1.54) is 6.07 Å². The van der Waals surface area contributed by atoms with Crippen LogP contribution in [-0.2, 0) is 11.2 Å². The second-order valence-corrected chi connectivity index (χ2v) is 6.20. The minimum Gasteiger partial charge on any atom is -0.342 e. The average Bonchev–Trinajstić information content (AvgIpc) is 2.87. The summed E-state index contributed by atoms with van der Waals surface area (Å²) in [5.41, 5.74) is 0.963. The smallest absolute Gasteiger partial charge is 0.222 e. The molecule has 1 aliphatic heterocycles. The summed E-state index contributed by atoms with van der Waals surface area (Å²) in [6.45, 7) is 4.77. The molecule has 1 aromatic rings. The van der Waals surface area contributed by atoms with Crippen molar-refractivity contribution in [3.05, 3.63) is 35.6 Å². The topological polar surface area (TPSA) is 32.3 Å². The van der Waals surface area contributed by atoms with Gasteiger partial charge in [0.15, 0.2) is 0 Å². The first kappa shape index (κ1) is 16.0. The van der Waals surface area contributed by atoms with Crippen LogP contribution in [0.2, 0.25) is 0 Å². The summed E-state index contributed by atoms with van der Waals surface area (Å²) >= 11 is 0. The first-order valence-electron chi connectivity index (χ1n) is 7.75. The van der Waals surface area contributed by atoms with Gasteiger partial charge in [-0.3, -0.25) is 4.79 Å². The molecular weight excluding hydrogens is 267 g/mol. The minimum absolute atomic E-state index is 0.208. The molecule has 1 fully saturated rings. The number of nitrogens with one attached hydrogen (secondary N) is 1. The Bertz CT molecular complexity index is 478. The summed E-state index contributed by atoms with van der Waals surface area (Å²) in [5, 5.41) is 3.17. The molecule has 0 radical (unpaired) electrons. The standard InChI is InChI=1S/C17H25FN2O/c1-13(8-14-4-3-5-16(18)10-14)9-17(21)20-7-6-15(12-20)11-19-2/h3-5,10,13,15,19H,6-9,11-12H2,1-2H3. The average molecular weight is 292 g/mol. The van der Waals surface area contributed by atoms with Crippen molar-refractivity contribution < 1.29 is 9.18 Å². The van der Waals surface area contributed by atoms with Crippen LogP contribution >= 0.6 is 0 Å². The van der Waals surface area contributed by atoms with E-state index in [-0.39, 0.29) is 17.6 Å². The largest absolute Gasteiger partial charge is 0.342 e. The molecule has 2 atom stereocenters. The van der Waals surface area contributed by atoms with Crippen molar-refractivity contribution >= 4 is 5.91 Å². The fourth-order valence-corrected chi connectivity index (χ4v) is 3.08. The van der Waals surface area contributed by atoms with E-state index in [2.05, 4.69) is 12.2 Å². The molecule has 0 aromatic heterocycles. The maximum absolute atomic E-state index is 13.2. The molecule has 2 unspecified atom stereocenters. The molecule has 1 N–H and O–H groups in total. The summed E-state index contributed by atoms with van der Waals surface area (Å²) in [7, 11) is 1.95. The molecule has 0 spiro atoms. The van der Waals surface area contributed by atoms with Crippen molar-refractivity contribution in [2.45, 2.75) is 26.2 Å². The van der Waals surface area contributed by atoms with Crippen LogP contribution in [0, 0.1) is 17.7 Å². The van der Waals surface area contributed by atoms with E-state index in [0.29, 0.717) is 12.3 Å². The van der Waals surface area contributed by atoms with Gasteiger partial charge in [0, 0.05) is 19.5 Å². The van der Waals surface area contributed by atoms with E-state index in [1.807, 2.05) is 18.0 Å². The van der Waals surface area contributed by atoms with Gasteiger partial charge in [-0.25, -0.2) is 4.39 Å². The molecule has 1 aliphatic rings. The van der Waals surface area contributed by atoms with Crippen LogP contribution in [0.3, 0.4) is 0 Å². The molecule has 116 valence electrons. The Balaban J connectivity index is 1.80. The summed E-state index contributed by atoms with van der Waals surface area (Å²) < 4.78 is 13.2. The third-order valence-electron chi connectivity index (χ3n) is 4.13. The van der Waals surface area contributed by atoms with Crippen molar-refractivity contribution in [3.63, 3.8) is 0 Å². The number of rotatable bonds is 6. The lowest BCUT2D eigenvalue weighted by molar-refractivity contribution is -0.131. The highest BCUT2D eigenvalue weighted by Gasteiger charge is 2.26. The lowest BCUT2D eigenvalue weighted by Gasteiger charge is -2.19. The molecular formula is C17H25FN2O. The third kappa shape index (κ3) is 4.81. The van der Waals surface area contributed by atoms with Crippen LogP contribution < -0.4 is 5.32 Å². The minimum atomic E-state index is -0.208. The normalized spacial score (nSPS) is 19.8. The zero-order valence-corrected chi connectivity index (χ0v) is 12.9. The molecule has 1 saturated heterocycles. The van der Waals surface area contributed by atoms with Gasteiger partial charge in [-0.05, 0) is 56.0 Å². The van der Waals surface area contributed by atoms with Gasteiger partial charge in [-0.15, -0.1) is 0 Å². The van der Waals surface area contributed by atoms with Crippen LogP contribution in [-0.4, -0.2) is 37.5 Å². The SMILES string of the molecule is CNCC1CCN(C(=O)CC(C)Cc2cccc(F)c2)C1. The highest BCUT2D eigenvalue weighted by Crippen LogP contribution is 2.19. The van der Waals surface area contributed by atoms with Crippen molar-refractivity contribution in [1.82, 2.24) is 10.2 Å². The lowest BCUT2D eigenvalue weighted by Crippen LogP contribution is -2.31. The van der Waals surface area contributed by atoms with Gasteiger partial charge in [-0.2, -0.15) is 0 Å². The highest BCUT2D eigenvalue weighted by atomic mass is 19.1. The van der Waals surface area contributed by atoms with Gasteiger partial charge >= 0.3 is 0 Å². The first-order chi connectivity index (χ1) is 10.1. The van der Waals surface area contributed by atoms with E-state index in [1.54, 1.807) is 12.1 Å². The lowest BCUT2D eigenvalue weighted by atomic mass is 9.97. The third-order valence-corrected chi connectivity index (χ3v) is 4.13. The van der Waals surface area contributed by atoms with E-state index < -0.39 is 0 Å². The predicted octanol–water partition coefficient (Wildman–Crippen LogP) is 2.46. The summed E-state index contributed by atoms with van der Waals surface area (Å²) in [6.07, 6.45) is 2.38. The molecule has 1 amide bonds. The molecule has 0 saturated carbocycles. The van der Waals surface area contributed by atoms with E-state index in [9.17, 15) is 9.18 Å². The quantitative estimate of drug-likeness (QED) is 0.873. The van der Waals surface area contributed by atoms with Crippen molar-refractivity contribution in [3.8, 4) is 0 Å². The number of hydrogen-bond acceptors (Lipinski definition) is 2. The molecule has 3 nitrogen and oxygen atoms in total.